The zero-order valence-corrected chi connectivity index (χ0v) is 21.3. The first-order valence-electron chi connectivity index (χ1n) is 10.9. The Bertz CT molecular complexity index is 1410. The van der Waals surface area contributed by atoms with Crippen molar-refractivity contribution in [1.29, 1.82) is 0 Å². The maximum absolute atomic E-state index is 4.72. The minimum Gasteiger partial charge on any atom is -0.226 e. The lowest BCUT2D eigenvalue weighted by atomic mass is 10.1. The largest absolute Gasteiger partial charge is 0.226 e. The molecule has 34 heavy (non-hydrogen) atoms. The van der Waals surface area contributed by atoms with Crippen molar-refractivity contribution in [2.24, 2.45) is 0 Å². The topological polar surface area (TPSA) is 61.4 Å². The minimum atomic E-state index is 0.554. The molecule has 0 atom stereocenters. The van der Waals surface area contributed by atoms with E-state index in [-0.39, 0.29) is 0 Å². The van der Waals surface area contributed by atoms with E-state index in [9.17, 15) is 0 Å². The van der Waals surface area contributed by atoms with Gasteiger partial charge in [-0.25, -0.2) is 4.68 Å². The summed E-state index contributed by atoms with van der Waals surface area (Å²) >= 11 is 5.20. The Morgan fingerprint density at radius 1 is 0.882 bits per heavy atom. The van der Waals surface area contributed by atoms with Gasteiger partial charge in [0.1, 0.15) is 5.03 Å². The van der Waals surface area contributed by atoms with Gasteiger partial charge in [-0.1, -0.05) is 64.5 Å². The molecule has 8 heteroatoms. The number of aryl methyl sites for hydroxylation is 2. The van der Waals surface area contributed by atoms with Crippen molar-refractivity contribution in [1.82, 2.24) is 30.0 Å². The van der Waals surface area contributed by atoms with Crippen LogP contribution >= 0.6 is 27.7 Å². The highest BCUT2D eigenvalue weighted by Crippen LogP contribution is 2.34. The van der Waals surface area contributed by atoms with E-state index >= 15 is 0 Å². The molecule has 0 radical (unpaired) electrons. The number of benzene rings is 3. The maximum atomic E-state index is 4.72. The second kappa shape index (κ2) is 9.95. The number of nitrogens with zero attached hydrogens (tertiary/aromatic N) is 6. The summed E-state index contributed by atoms with van der Waals surface area (Å²) in [4.78, 5) is 1.62. The van der Waals surface area contributed by atoms with E-state index in [0.717, 1.165) is 32.1 Å². The molecule has 0 amide bonds. The molecule has 5 rings (SSSR count). The molecule has 0 bridgehead atoms. The van der Waals surface area contributed by atoms with E-state index < -0.39 is 0 Å². The Labute approximate surface area is 211 Å². The van der Waals surface area contributed by atoms with E-state index in [1.807, 2.05) is 41.2 Å². The number of hydrogen-bond acceptors (Lipinski definition) is 5. The Balaban J connectivity index is 1.48. The minimum absolute atomic E-state index is 0.554. The molecule has 0 saturated carbocycles. The SMILES string of the molecule is Cc1ccc(-n2ncc(-c3nnn(Cc4ccc(Br)cc4)n3)c2SCc2ccccc2)cc1C. The van der Waals surface area contributed by atoms with Gasteiger partial charge in [-0.2, -0.15) is 9.90 Å². The average Bonchev–Trinajstić information content (AvgIpc) is 3.48. The average molecular weight is 531 g/mol. The third-order valence-corrected chi connectivity index (χ3v) is 7.28. The third-order valence-electron chi connectivity index (χ3n) is 5.61. The molecule has 170 valence electrons. The van der Waals surface area contributed by atoms with Gasteiger partial charge >= 0.3 is 0 Å². The van der Waals surface area contributed by atoms with Gasteiger partial charge in [0.05, 0.1) is 24.0 Å². The second-order valence-electron chi connectivity index (χ2n) is 8.09. The lowest BCUT2D eigenvalue weighted by Gasteiger charge is -2.10. The molecule has 2 heterocycles. The number of tetrazole rings is 1. The summed E-state index contributed by atoms with van der Waals surface area (Å²) in [7, 11) is 0. The number of hydrogen-bond donors (Lipinski definition) is 0. The Morgan fingerprint density at radius 3 is 2.44 bits per heavy atom. The van der Waals surface area contributed by atoms with E-state index in [4.69, 9.17) is 5.10 Å². The molecule has 5 aromatic rings. The summed E-state index contributed by atoms with van der Waals surface area (Å²) in [5, 5.41) is 19.0. The van der Waals surface area contributed by atoms with Gasteiger partial charge in [0.15, 0.2) is 0 Å². The van der Waals surface area contributed by atoms with E-state index in [1.54, 1.807) is 16.6 Å². The molecular formula is C26H23BrN6S. The molecule has 6 nitrogen and oxygen atoms in total. The van der Waals surface area contributed by atoms with Gasteiger partial charge in [0.25, 0.3) is 0 Å². The second-order valence-corrected chi connectivity index (χ2v) is 9.97. The molecule has 0 aliphatic carbocycles. The molecule has 0 aliphatic heterocycles. The van der Waals surface area contributed by atoms with Crippen molar-refractivity contribution in [3.05, 3.63) is 106 Å². The van der Waals surface area contributed by atoms with Crippen molar-refractivity contribution in [3.63, 3.8) is 0 Å². The highest BCUT2D eigenvalue weighted by atomic mass is 79.9. The van der Waals surface area contributed by atoms with Crippen LogP contribution in [0.3, 0.4) is 0 Å². The van der Waals surface area contributed by atoms with E-state index in [2.05, 4.69) is 87.7 Å². The Kier molecular flexibility index (Phi) is 6.60. The van der Waals surface area contributed by atoms with Crippen LogP contribution in [0.1, 0.15) is 22.3 Å². The number of aromatic nitrogens is 6. The fourth-order valence-corrected chi connectivity index (χ4v) is 4.90. The summed E-state index contributed by atoms with van der Waals surface area (Å²) in [6.45, 7) is 4.79. The van der Waals surface area contributed by atoms with Crippen LogP contribution in [-0.4, -0.2) is 30.0 Å². The van der Waals surface area contributed by atoms with Crippen LogP contribution < -0.4 is 0 Å². The smallest absolute Gasteiger partial charge is 0.209 e. The van der Waals surface area contributed by atoms with E-state index in [1.165, 1.54) is 16.7 Å². The van der Waals surface area contributed by atoms with Crippen LogP contribution in [0, 0.1) is 13.8 Å². The summed E-state index contributed by atoms with van der Waals surface area (Å²) in [6.07, 6.45) is 1.84. The molecule has 0 fully saturated rings. The summed E-state index contributed by atoms with van der Waals surface area (Å²) in [6, 6.07) is 24.9. The van der Waals surface area contributed by atoms with Gasteiger partial charge in [-0.05, 0) is 65.6 Å². The summed E-state index contributed by atoms with van der Waals surface area (Å²) in [5.41, 5.74) is 6.74. The van der Waals surface area contributed by atoms with Crippen LogP contribution in [0.5, 0.6) is 0 Å². The number of rotatable bonds is 7. The predicted octanol–water partition coefficient (Wildman–Crippen LogP) is 6.25. The molecule has 2 aromatic heterocycles. The quantitative estimate of drug-likeness (QED) is 0.233. The highest BCUT2D eigenvalue weighted by molar-refractivity contribution is 9.10. The molecule has 0 saturated heterocycles. The molecule has 0 unspecified atom stereocenters. The van der Waals surface area contributed by atoms with Crippen molar-refractivity contribution >= 4 is 27.7 Å². The highest BCUT2D eigenvalue weighted by Gasteiger charge is 2.19. The van der Waals surface area contributed by atoms with Gasteiger partial charge in [0, 0.05) is 10.2 Å². The molecular weight excluding hydrogens is 508 g/mol. The van der Waals surface area contributed by atoms with Crippen LogP contribution in [0.4, 0.5) is 0 Å². The van der Waals surface area contributed by atoms with Crippen molar-refractivity contribution in [2.75, 3.05) is 0 Å². The first kappa shape index (κ1) is 22.6. The maximum Gasteiger partial charge on any atom is 0.209 e. The van der Waals surface area contributed by atoms with Crippen LogP contribution in [-0.2, 0) is 12.3 Å². The predicted molar refractivity (Wildman–Crippen MR) is 139 cm³/mol. The number of thioether (sulfide) groups is 1. The lowest BCUT2D eigenvalue weighted by Crippen LogP contribution is -2.04. The summed E-state index contributed by atoms with van der Waals surface area (Å²) in [5.74, 6) is 1.39. The van der Waals surface area contributed by atoms with Gasteiger partial charge in [-0.3, -0.25) is 0 Å². The molecule has 3 aromatic carbocycles. The van der Waals surface area contributed by atoms with Gasteiger partial charge in [0.2, 0.25) is 5.82 Å². The lowest BCUT2D eigenvalue weighted by molar-refractivity contribution is 0.573. The third kappa shape index (κ3) is 4.98. The first-order chi connectivity index (χ1) is 16.6. The fourth-order valence-electron chi connectivity index (χ4n) is 3.57. The van der Waals surface area contributed by atoms with Crippen molar-refractivity contribution in [3.8, 4) is 17.1 Å². The molecule has 0 aliphatic rings. The Morgan fingerprint density at radius 2 is 1.68 bits per heavy atom. The number of halogens is 1. The standard InChI is InChI=1S/C26H23BrN6S/c1-18-8-13-23(14-19(18)2)33-26(34-17-21-6-4-3-5-7-21)24(15-28-33)25-29-31-32(30-25)16-20-9-11-22(27)12-10-20/h3-15H,16-17H2,1-2H3. The first-order valence-corrected chi connectivity index (χ1v) is 12.7. The van der Waals surface area contributed by atoms with Crippen molar-refractivity contribution < 1.29 is 0 Å². The zero-order chi connectivity index (χ0) is 23.5. The van der Waals surface area contributed by atoms with Gasteiger partial charge in [-0.15, -0.1) is 22.0 Å². The van der Waals surface area contributed by atoms with Crippen LogP contribution in [0.2, 0.25) is 0 Å². The zero-order valence-electron chi connectivity index (χ0n) is 18.9. The fraction of sp³-hybridized carbons (Fsp3) is 0.154. The molecule has 0 N–H and O–H groups in total. The monoisotopic (exact) mass is 530 g/mol. The van der Waals surface area contributed by atoms with Crippen molar-refractivity contribution in [2.45, 2.75) is 31.2 Å². The van der Waals surface area contributed by atoms with Crippen LogP contribution in [0.25, 0.3) is 17.1 Å². The summed E-state index contributed by atoms with van der Waals surface area (Å²) < 4.78 is 3.02. The van der Waals surface area contributed by atoms with Crippen LogP contribution in [0.15, 0.2) is 88.5 Å². The van der Waals surface area contributed by atoms with E-state index in [0.29, 0.717) is 12.4 Å². The normalized spacial score (nSPS) is 11.1. The van der Waals surface area contributed by atoms with Gasteiger partial charge < -0.3 is 0 Å². The Hall–Kier alpha value is -3.23. The molecule has 0 spiro atoms.